The van der Waals surface area contributed by atoms with Crippen molar-refractivity contribution in [1.82, 2.24) is 0 Å². The molecule has 2 N–H and O–H groups in total. The smallest absolute Gasteiger partial charge is 0.262 e. The van der Waals surface area contributed by atoms with Gasteiger partial charge in [0.1, 0.15) is 5.75 Å². The van der Waals surface area contributed by atoms with E-state index in [9.17, 15) is 13.2 Å². The van der Waals surface area contributed by atoms with Crippen molar-refractivity contribution < 1.29 is 17.9 Å². The number of hydrogen-bond donors (Lipinski definition) is 2. The Labute approximate surface area is 180 Å². The summed E-state index contributed by atoms with van der Waals surface area (Å²) < 4.78 is 33.5. The molecular formula is C24H20N2O4S. The van der Waals surface area contributed by atoms with Gasteiger partial charge in [-0.2, -0.15) is 0 Å². The fraction of sp³-hybridized carbons (Fsp3) is 0.0417. The van der Waals surface area contributed by atoms with E-state index in [1.165, 1.54) is 25.3 Å². The van der Waals surface area contributed by atoms with Gasteiger partial charge in [-0.25, -0.2) is 8.42 Å². The van der Waals surface area contributed by atoms with Crippen LogP contribution in [0.25, 0.3) is 10.8 Å². The Morgan fingerprint density at radius 3 is 2.32 bits per heavy atom. The quantitative estimate of drug-likeness (QED) is 0.454. The van der Waals surface area contributed by atoms with Crippen LogP contribution >= 0.6 is 0 Å². The van der Waals surface area contributed by atoms with E-state index in [1.807, 2.05) is 42.5 Å². The molecule has 7 heteroatoms. The molecule has 4 aromatic carbocycles. The predicted molar refractivity (Wildman–Crippen MR) is 122 cm³/mol. The van der Waals surface area contributed by atoms with Gasteiger partial charge in [0.05, 0.1) is 17.7 Å². The average molecular weight is 433 g/mol. The van der Waals surface area contributed by atoms with Crippen molar-refractivity contribution in [3.05, 3.63) is 96.6 Å². The van der Waals surface area contributed by atoms with E-state index in [1.54, 1.807) is 30.3 Å². The van der Waals surface area contributed by atoms with Gasteiger partial charge >= 0.3 is 0 Å². The highest BCUT2D eigenvalue weighted by Crippen LogP contribution is 2.27. The van der Waals surface area contributed by atoms with Crippen molar-refractivity contribution in [1.29, 1.82) is 0 Å². The highest BCUT2D eigenvalue weighted by Gasteiger charge is 2.18. The highest BCUT2D eigenvalue weighted by molar-refractivity contribution is 7.92. The molecule has 0 bridgehead atoms. The number of amides is 1. The molecule has 0 aliphatic heterocycles. The predicted octanol–water partition coefficient (Wildman–Crippen LogP) is 4.90. The average Bonchev–Trinajstić information content (AvgIpc) is 2.79. The molecule has 0 aromatic heterocycles. The van der Waals surface area contributed by atoms with Crippen molar-refractivity contribution >= 4 is 38.1 Å². The van der Waals surface area contributed by atoms with Crippen LogP contribution in [0.4, 0.5) is 11.4 Å². The second kappa shape index (κ2) is 8.49. The molecule has 0 aliphatic rings. The molecule has 156 valence electrons. The zero-order chi connectivity index (χ0) is 21.8. The third-order valence-electron chi connectivity index (χ3n) is 4.80. The van der Waals surface area contributed by atoms with E-state index < -0.39 is 15.9 Å². The van der Waals surface area contributed by atoms with Crippen LogP contribution in [0, 0.1) is 0 Å². The lowest BCUT2D eigenvalue weighted by Gasteiger charge is -2.13. The molecule has 31 heavy (non-hydrogen) atoms. The number of para-hydroxylation sites is 2. The van der Waals surface area contributed by atoms with Crippen LogP contribution in [0.3, 0.4) is 0 Å². The number of methoxy groups -OCH3 is 1. The lowest BCUT2D eigenvalue weighted by molar-refractivity contribution is 0.102. The largest absolute Gasteiger partial charge is 0.495 e. The summed E-state index contributed by atoms with van der Waals surface area (Å²) in [4.78, 5) is 12.8. The first-order valence-electron chi connectivity index (χ1n) is 9.53. The number of carbonyl (C=O) groups is 1. The van der Waals surface area contributed by atoms with Crippen molar-refractivity contribution in [3.8, 4) is 5.75 Å². The lowest BCUT2D eigenvalue weighted by Crippen LogP contribution is -2.16. The molecule has 0 spiro atoms. The minimum Gasteiger partial charge on any atom is -0.495 e. The molecule has 1 amide bonds. The summed E-state index contributed by atoms with van der Waals surface area (Å²) in [6.07, 6.45) is 0. The Morgan fingerprint density at radius 2 is 1.48 bits per heavy atom. The number of anilines is 2. The number of sulfonamides is 1. The number of benzene rings is 4. The van der Waals surface area contributed by atoms with Crippen LogP contribution in [0.1, 0.15) is 10.4 Å². The molecule has 0 saturated heterocycles. The van der Waals surface area contributed by atoms with Crippen molar-refractivity contribution in [2.75, 3.05) is 17.1 Å². The van der Waals surface area contributed by atoms with Crippen LogP contribution in [0.15, 0.2) is 95.9 Å². The second-order valence-corrected chi connectivity index (χ2v) is 8.50. The van der Waals surface area contributed by atoms with E-state index in [-0.39, 0.29) is 10.5 Å². The number of fused-ring (bicyclic) bond motifs is 1. The first-order valence-corrected chi connectivity index (χ1v) is 11.0. The number of rotatable bonds is 6. The monoisotopic (exact) mass is 432 g/mol. The molecule has 0 unspecified atom stereocenters. The summed E-state index contributed by atoms with van der Waals surface area (Å²) in [5, 5.41) is 4.77. The van der Waals surface area contributed by atoms with Crippen LogP contribution in [0.5, 0.6) is 5.75 Å². The maximum Gasteiger partial charge on any atom is 0.262 e. The van der Waals surface area contributed by atoms with Gasteiger partial charge in [0, 0.05) is 16.6 Å². The molecule has 0 saturated carbocycles. The summed E-state index contributed by atoms with van der Waals surface area (Å²) in [6.45, 7) is 0. The Balaban J connectivity index is 1.61. The molecule has 6 nitrogen and oxygen atoms in total. The van der Waals surface area contributed by atoms with E-state index in [4.69, 9.17) is 4.74 Å². The zero-order valence-corrected chi connectivity index (χ0v) is 17.5. The van der Waals surface area contributed by atoms with Crippen LogP contribution < -0.4 is 14.8 Å². The van der Waals surface area contributed by atoms with E-state index in [0.717, 1.165) is 10.8 Å². The first kappa shape index (κ1) is 20.4. The number of ether oxygens (including phenoxy) is 1. The third-order valence-corrected chi connectivity index (χ3v) is 6.16. The fourth-order valence-corrected chi connectivity index (χ4v) is 4.38. The second-order valence-electron chi connectivity index (χ2n) is 6.81. The number of carbonyl (C=O) groups excluding carboxylic acids is 1. The van der Waals surface area contributed by atoms with Gasteiger partial charge in [-0.1, -0.05) is 54.6 Å². The molecule has 0 aliphatic carbocycles. The Morgan fingerprint density at radius 1 is 0.806 bits per heavy atom. The van der Waals surface area contributed by atoms with Crippen molar-refractivity contribution in [2.45, 2.75) is 4.90 Å². The van der Waals surface area contributed by atoms with Gasteiger partial charge in [0.2, 0.25) is 0 Å². The summed E-state index contributed by atoms with van der Waals surface area (Å²) in [5.41, 5.74) is 1.20. The molecule has 0 heterocycles. The van der Waals surface area contributed by atoms with Crippen molar-refractivity contribution in [2.24, 2.45) is 0 Å². The third kappa shape index (κ3) is 4.36. The topological polar surface area (TPSA) is 84.5 Å². The summed E-state index contributed by atoms with van der Waals surface area (Å²) in [7, 11) is -2.46. The van der Waals surface area contributed by atoms with Gasteiger partial charge in [0.25, 0.3) is 15.9 Å². The molecular weight excluding hydrogens is 412 g/mol. The van der Waals surface area contributed by atoms with Crippen molar-refractivity contribution in [3.63, 3.8) is 0 Å². The molecule has 4 aromatic rings. The number of nitrogens with one attached hydrogen (secondary N) is 2. The molecule has 0 atom stereocenters. The van der Waals surface area contributed by atoms with Gasteiger partial charge in [-0.15, -0.1) is 0 Å². The van der Waals surface area contributed by atoms with Crippen LogP contribution in [-0.2, 0) is 10.0 Å². The first-order chi connectivity index (χ1) is 15.0. The normalized spacial score (nSPS) is 11.1. The lowest BCUT2D eigenvalue weighted by atomic mass is 10.1. The maximum atomic E-state index is 12.9. The Hall–Kier alpha value is -3.84. The zero-order valence-electron chi connectivity index (χ0n) is 16.7. The fourth-order valence-electron chi connectivity index (χ4n) is 3.27. The van der Waals surface area contributed by atoms with Crippen LogP contribution in [-0.4, -0.2) is 21.4 Å². The summed E-state index contributed by atoms with van der Waals surface area (Å²) in [6, 6.07) is 25.9. The van der Waals surface area contributed by atoms with E-state index in [2.05, 4.69) is 10.0 Å². The Kier molecular flexibility index (Phi) is 5.60. The molecule has 0 radical (unpaired) electrons. The van der Waals surface area contributed by atoms with Gasteiger partial charge in [-0.3, -0.25) is 9.52 Å². The summed E-state index contributed by atoms with van der Waals surface area (Å²) in [5.74, 6) is 0.00150. The maximum absolute atomic E-state index is 12.9. The van der Waals surface area contributed by atoms with Gasteiger partial charge < -0.3 is 10.1 Å². The molecule has 0 fully saturated rings. The molecule has 4 rings (SSSR count). The minimum absolute atomic E-state index is 0.0241. The van der Waals surface area contributed by atoms with Gasteiger partial charge in [-0.05, 0) is 41.8 Å². The van der Waals surface area contributed by atoms with Crippen LogP contribution in [0.2, 0.25) is 0 Å². The summed E-state index contributed by atoms with van der Waals surface area (Å²) >= 11 is 0. The Bertz CT molecular complexity index is 1360. The highest BCUT2D eigenvalue weighted by atomic mass is 32.2. The van der Waals surface area contributed by atoms with E-state index in [0.29, 0.717) is 17.1 Å². The van der Waals surface area contributed by atoms with Gasteiger partial charge in [0.15, 0.2) is 0 Å². The SMILES string of the molecule is COc1ccccc1NS(=O)(=O)c1cccc(C(=O)Nc2cccc3ccccc23)c1. The standard InChI is InChI=1S/C24H20N2O4S/c1-30-23-15-5-4-13-22(23)26-31(28,29)19-11-6-10-18(16-19)24(27)25-21-14-7-9-17-8-2-3-12-20(17)21/h2-16,26H,1H3,(H,25,27). The minimum atomic E-state index is -3.92. The van der Waals surface area contributed by atoms with E-state index >= 15 is 0 Å². The number of hydrogen-bond acceptors (Lipinski definition) is 4.